The molecule has 2 N–H and O–H groups in total. The molecule has 0 fully saturated rings. The lowest BCUT2D eigenvalue weighted by atomic mass is 10.1. The monoisotopic (exact) mass is 280 g/mol. The van der Waals surface area contributed by atoms with E-state index in [0.29, 0.717) is 5.56 Å². The van der Waals surface area contributed by atoms with Gasteiger partial charge in [-0.1, -0.05) is 61.0 Å². The Kier molecular flexibility index (Phi) is 5.16. The number of benzene rings is 2. The van der Waals surface area contributed by atoms with Crippen molar-refractivity contribution < 1.29 is 4.79 Å². The fraction of sp³-hybridized carbons (Fsp3) is 0.167. The predicted molar refractivity (Wildman–Crippen MR) is 86.5 cm³/mol. The molecule has 108 valence electrons. The minimum absolute atomic E-state index is 0.142. The SMILES string of the molecule is CC/C=C(\NNC(=O)c1cccc(C)c1)c1ccccc1. The minimum atomic E-state index is -0.142. The Labute approximate surface area is 125 Å². The number of amides is 1. The van der Waals surface area contributed by atoms with Crippen molar-refractivity contribution in [2.24, 2.45) is 0 Å². The van der Waals surface area contributed by atoms with Gasteiger partial charge in [0.05, 0.1) is 5.70 Å². The number of allylic oxidation sites excluding steroid dienone is 1. The van der Waals surface area contributed by atoms with Crippen molar-refractivity contribution in [3.63, 3.8) is 0 Å². The van der Waals surface area contributed by atoms with Gasteiger partial charge in [0.1, 0.15) is 0 Å². The Balaban J connectivity index is 2.06. The molecule has 0 atom stereocenters. The van der Waals surface area contributed by atoms with Crippen LogP contribution in [0, 0.1) is 6.92 Å². The van der Waals surface area contributed by atoms with Crippen LogP contribution in [-0.4, -0.2) is 5.91 Å². The van der Waals surface area contributed by atoms with Crippen LogP contribution >= 0.6 is 0 Å². The molecule has 2 aromatic rings. The summed E-state index contributed by atoms with van der Waals surface area (Å²) in [5.74, 6) is -0.142. The van der Waals surface area contributed by atoms with Gasteiger partial charge in [-0.2, -0.15) is 0 Å². The number of carbonyl (C=O) groups is 1. The van der Waals surface area contributed by atoms with Crippen LogP contribution in [0.3, 0.4) is 0 Å². The van der Waals surface area contributed by atoms with Gasteiger partial charge in [-0.15, -0.1) is 0 Å². The first-order chi connectivity index (χ1) is 10.2. The van der Waals surface area contributed by atoms with Gasteiger partial charge in [-0.05, 0) is 31.0 Å². The van der Waals surface area contributed by atoms with Crippen molar-refractivity contribution >= 4 is 11.6 Å². The van der Waals surface area contributed by atoms with E-state index < -0.39 is 0 Å². The van der Waals surface area contributed by atoms with Crippen LogP contribution in [0.25, 0.3) is 5.70 Å². The summed E-state index contributed by atoms with van der Waals surface area (Å²) in [5.41, 5.74) is 9.43. The molecule has 0 radical (unpaired) electrons. The lowest BCUT2D eigenvalue weighted by molar-refractivity contribution is 0.0942. The first kappa shape index (κ1) is 14.9. The van der Waals surface area contributed by atoms with Crippen molar-refractivity contribution in [1.82, 2.24) is 10.9 Å². The van der Waals surface area contributed by atoms with Gasteiger partial charge in [0.25, 0.3) is 5.91 Å². The van der Waals surface area contributed by atoms with Crippen molar-refractivity contribution in [1.29, 1.82) is 0 Å². The molecular weight excluding hydrogens is 260 g/mol. The van der Waals surface area contributed by atoms with E-state index in [-0.39, 0.29) is 5.91 Å². The Morgan fingerprint density at radius 2 is 1.71 bits per heavy atom. The van der Waals surface area contributed by atoms with Gasteiger partial charge >= 0.3 is 0 Å². The number of hydrogen-bond donors (Lipinski definition) is 2. The summed E-state index contributed by atoms with van der Waals surface area (Å²) in [5, 5.41) is 0. The molecule has 0 bridgehead atoms. The fourth-order valence-electron chi connectivity index (χ4n) is 2.05. The lowest BCUT2D eigenvalue weighted by Gasteiger charge is -2.13. The minimum Gasteiger partial charge on any atom is -0.298 e. The molecule has 3 nitrogen and oxygen atoms in total. The molecule has 2 aromatic carbocycles. The number of rotatable bonds is 5. The third-order valence-electron chi connectivity index (χ3n) is 3.08. The van der Waals surface area contributed by atoms with Crippen molar-refractivity contribution in [2.45, 2.75) is 20.3 Å². The zero-order valence-corrected chi connectivity index (χ0v) is 12.4. The molecule has 0 saturated carbocycles. The Bertz CT molecular complexity index is 633. The molecule has 0 spiro atoms. The first-order valence-corrected chi connectivity index (χ1v) is 7.09. The summed E-state index contributed by atoms with van der Waals surface area (Å²) in [7, 11) is 0. The van der Waals surface area contributed by atoms with Crippen molar-refractivity contribution in [2.75, 3.05) is 0 Å². The normalized spacial score (nSPS) is 11.0. The second-order valence-electron chi connectivity index (χ2n) is 4.84. The summed E-state index contributed by atoms with van der Waals surface area (Å²) in [6, 6.07) is 17.4. The van der Waals surface area contributed by atoms with E-state index in [1.54, 1.807) is 6.07 Å². The molecule has 1 amide bonds. The highest BCUT2D eigenvalue weighted by Gasteiger charge is 2.06. The van der Waals surface area contributed by atoms with Gasteiger partial charge in [0.15, 0.2) is 0 Å². The number of hydrazine groups is 1. The topological polar surface area (TPSA) is 41.1 Å². The molecule has 0 aliphatic rings. The van der Waals surface area contributed by atoms with Crippen LogP contribution in [0.5, 0.6) is 0 Å². The predicted octanol–water partition coefficient (Wildman–Crippen LogP) is 3.68. The van der Waals surface area contributed by atoms with Crippen molar-refractivity contribution in [3.05, 3.63) is 77.4 Å². The van der Waals surface area contributed by atoms with Gasteiger partial charge < -0.3 is 0 Å². The highest BCUT2D eigenvalue weighted by Crippen LogP contribution is 2.11. The third kappa shape index (κ3) is 4.21. The van der Waals surface area contributed by atoms with E-state index in [1.807, 2.05) is 61.5 Å². The number of aryl methyl sites for hydroxylation is 1. The van der Waals surface area contributed by atoms with E-state index in [0.717, 1.165) is 23.2 Å². The van der Waals surface area contributed by atoms with Crippen LogP contribution in [0.2, 0.25) is 0 Å². The average Bonchev–Trinajstić information content (AvgIpc) is 2.52. The lowest BCUT2D eigenvalue weighted by Crippen LogP contribution is -2.36. The molecule has 0 unspecified atom stereocenters. The highest BCUT2D eigenvalue weighted by atomic mass is 16.2. The molecule has 2 rings (SSSR count). The van der Waals surface area contributed by atoms with Crippen LogP contribution < -0.4 is 10.9 Å². The molecule has 3 heteroatoms. The molecule has 0 heterocycles. The maximum atomic E-state index is 12.1. The number of carbonyl (C=O) groups excluding carboxylic acids is 1. The zero-order valence-electron chi connectivity index (χ0n) is 12.4. The Morgan fingerprint density at radius 3 is 2.38 bits per heavy atom. The van der Waals surface area contributed by atoms with Crippen LogP contribution in [-0.2, 0) is 0 Å². The van der Waals surface area contributed by atoms with Crippen molar-refractivity contribution in [3.8, 4) is 0 Å². The van der Waals surface area contributed by atoms with Gasteiger partial charge in [-0.3, -0.25) is 15.6 Å². The highest BCUT2D eigenvalue weighted by molar-refractivity contribution is 5.94. The van der Waals surface area contributed by atoms with Crippen LogP contribution in [0.1, 0.15) is 34.8 Å². The second kappa shape index (κ2) is 7.29. The molecular formula is C18H20N2O. The van der Waals surface area contributed by atoms with Crippen LogP contribution in [0.15, 0.2) is 60.7 Å². The van der Waals surface area contributed by atoms with E-state index in [9.17, 15) is 4.79 Å². The first-order valence-electron chi connectivity index (χ1n) is 7.09. The van der Waals surface area contributed by atoms with E-state index in [1.165, 1.54) is 0 Å². The second-order valence-corrected chi connectivity index (χ2v) is 4.84. The molecule has 0 aliphatic carbocycles. The van der Waals surface area contributed by atoms with Gasteiger partial charge in [0.2, 0.25) is 0 Å². The summed E-state index contributed by atoms with van der Waals surface area (Å²) in [4.78, 5) is 12.1. The fourth-order valence-corrected chi connectivity index (χ4v) is 2.05. The number of hydrogen-bond acceptors (Lipinski definition) is 2. The maximum Gasteiger partial charge on any atom is 0.269 e. The smallest absolute Gasteiger partial charge is 0.269 e. The molecule has 0 aliphatic heterocycles. The Hall–Kier alpha value is -2.55. The molecule has 21 heavy (non-hydrogen) atoms. The van der Waals surface area contributed by atoms with E-state index >= 15 is 0 Å². The third-order valence-corrected chi connectivity index (χ3v) is 3.08. The summed E-state index contributed by atoms with van der Waals surface area (Å²) in [6.07, 6.45) is 2.93. The maximum absolute atomic E-state index is 12.1. The molecule has 0 aromatic heterocycles. The zero-order chi connectivity index (χ0) is 15.1. The summed E-state index contributed by atoms with van der Waals surface area (Å²) >= 11 is 0. The van der Waals surface area contributed by atoms with Crippen LogP contribution in [0.4, 0.5) is 0 Å². The summed E-state index contributed by atoms with van der Waals surface area (Å²) < 4.78 is 0. The number of nitrogens with one attached hydrogen (secondary N) is 2. The average molecular weight is 280 g/mol. The van der Waals surface area contributed by atoms with Gasteiger partial charge in [0, 0.05) is 5.56 Å². The van der Waals surface area contributed by atoms with E-state index in [4.69, 9.17) is 0 Å². The van der Waals surface area contributed by atoms with Gasteiger partial charge in [-0.25, -0.2) is 0 Å². The van der Waals surface area contributed by atoms with E-state index in [2.05, 4.69) is 17.8 Å². The molecule has 0 saturated heterocycles. The summed E-state index contributed by atoms with van der Waals surface area (Å²) in [6.45, 7) is 4.03. The quantitative estimate of drug-likeness (QED) is 0.820. The largest absolute Gasteiger partial charge is 0.298 e. The standard InChI is InChI=1S/C18H20N2O/c1-3-8-17(15-10-5-4-6-11-15)19-20-18(21)16-12-7-9-14(2)13-16/h4-13,19H,3H2,1-2H3,(H,20,21)/b17-8-. The Morgan fingerprint density at radius 1 is 1.00 bits per heavy atom.